The monoisotopic (exact) mass is 252 g/mol. The van der Waals surface area contributed by atoms with E-state index in [2.05, 4.69) is 25.7 Å². The summed E-state index contributed by atoms with van der Waals surface area (Å²) in [5, 5.41) is 0. The van der Waals surface area contributed by atoms with Crippen molar-refractivity contribution in [3.8, 4) is 0 Å². The highest BCUT2D eigenvalue weighted by atomic mass is 19.1. The molecule has 0 aliphatic rings. The maximum absolute atomic E-state index is 13.0. The summed E-state index contributed by atoms with van der Waals surface area (Å²) in [4.78, 5) is 2.39. The highest BCUT2D eigenvalue weighted by Gasteiger charge is 2.25. The lowest BCUT2D eigenvalue weighted by atomic mass is 9.97. The van der Waals surface area contributed by atoms with Crippen LogP contribution in [0.15, 0.2) is 24.3 Å². The predicted molar refractivity (Wildman–Crippen MR) is 74.9 cm³/mol. The van der Waals surface area contributed by atoms with Gasteiger partial charge in [-0.1, -0.05) is 26.0 Å². The average Bonchev–Trinajstić information content (AvgIpc) is 2.36. The fraction of sp³-hybridized carbons (Fsp3) is 0.600. The minimum atomic E-state index is -0.200. The first-order valence-corrected chi connectivity index (χ1v) is 6.78. The molecule has 3 atom stereocenters. The quantitative estimate of drug-likeness (QED) is 0.841. The van der Waals surface area contributed by atoms with E-state index in [0.717, 1.165) is 18.5 Å². The van der Waals surface area contributed by atoms with E-state index in [-0.39, 0.29) is 17.9 Å². The highest BCUT2D eigenvalue weighted by molar-refractivity contribution is 5.21. The number of nitrogens with zero attached hydrogens (tertiary/aromatic N) is 1. The zero-order chi connectivity index (χ0) is 13.7. The lowest BCUT2D eigenvalue weighted by Crippen LogP contribution is -2.43. The largest absolute Gasteiger partial charge is 0.326 e. The number of rotatable bonds is 6. The number of likely N-dealkylation sites (N-methyl/N-ethyl adjacent to an activating group) is 1. The Labute approximate surface area is 110 Å². The number of benzene rings is 1. The zero-order valence-corrected chi connectivity index (χ0v) is 11.9. The molecule has 1 aromatic carbocycles. The predicted octanol–water partition coefficient (Wildman–Crippen LogP) is 3.33. The van der Waals surface area contributed by atoms with Crippen LogP contribution >= 0.6 is 0 Å². The van der Waals surface area contributed by atoms with Gasteiger partial charge in [0.05, 0.1) is 0 Å². The van der Waals surface area contributed by atoms with E-state index in [4.69, 9.17) is 5.73 Å². The Morgan fingerprint density at radius 2 is 1.72 bits per heavy atom. The number of nitrogens with two attached hydrogens (primary N) is 1. The normalized spacial score (nSPS) is 16.6. The van der Waals surface area contributed by atoms with Crippen LogP contribution in [-0.2, 0) is 0 Å². The fourth-order valence-corrected chi connectivity index (χ4v) is 2.47. The SMILES string of the molecule is CCC(C)N(CC)C(c1ccc(F)cc1)C(C)N. The highest BCUT2D eigenvalue weighted by Crippen LogP contribution is 2.26. The Kier molecular flexibility index (Phi) is 5.76. The third-order valence-corrected chi connectivity index (χ3v) is 3.59. The lowest BCUT2D eigenvalue weighted by molar-refractivity contribution is 0.131. The van der Waals surface area contributed by atoms with Gasteiger partial charge in [0.15, 0.2) is 0 Å². The molecule has 0 spiro atoms. The first kappa shape index (κ1) is 15.1. The number of hydrogen-bond donors (Lipinski definition) is 1. The van der Waals surface area contributed by atoms with Gasteiger partial charge in [0, 0.05) is 18.1 Å². The van der Waals surface area contributed by atoms with E-state index in [1.807, 2.05) is 19.1 Å². The van der Waals surface area contributed by atoms with Crippen LogP contribution in [0.1, 0.15) is 45.7 Å². The Morgan fingerprint density at radius 3 is 2.11 bits per heavy atom. The summed E-state index contributed by atoms with van der Waals surface area (Å²) in [6, 6.07) is 7.33. The van der Waals surface area contributed by atoms with Crippen molar-refractivity contribution in [2.45, 2.75) is 52.2 Å². The van der Waals surface area contributed by atoms with E-state index >= 15 is 0 Å². The van der Waals surface area contributed by atoms with E-state index in [0.29, 0.717) is 6.04 Å². The Bertz CT molecular complexity index is 348. The zero-order valence-electron chi connectivity index (χ0n) is 11.9. The van der Waals surface area contributed by atoms with Crippen molar-refractivity contribution in [1.29, 1.82) is 0 Å². The van der Waals surface area contributed by atoms with E-state index in [1.165, 1.54) is 12.1 Å². The molecule has 0 radical (unpaired) electrons. The van der Waals surface area contributed by atoms with Crippen LogP contribution < -0.4 is 5.73 Å². The second-order valence-electron chi connectivity index (χ2n) is 4.94. The van der Waals surface area contributed by atoms with Gasteiger partial charge in [-0.05, 0) is 44.5 Å². The second-order valence-corrected chi connectivity index (χ2v) is 4.94. The van der Waals surface area contributed by atoms with Crippen molar-refractivity contribution in [3.05, 3.63) is 35.6 Å². The molecule has 0 fully saturated rings. The van der Waals surface area contributed by atoms with Crippen molar-refractivity contribution < 1.29 is 4.39 Å². The number of halogens is 1. The second kappa shape index (κ2) is 6.86. The van der Waals surface area contributed by atoms with Crippen molar-refractivity contribution >= 4 is 0 Å². The van der Waals surface area contributed by atoms with Crippen LogP contribution in [-0.4, -0.2) is 23.5 Å². The molecule has 0 saturated carbocycles. The van der Waals surface area contributed by atoms with Gasteiger partial charge in [-0.3, -0.25) is 4.90 Å². The van der Waals surface area contributed by atoms with Crippen molar-refractivity contribution in [2.24, 2.45) is 5.73 Å². The molecule has 0 aliphatic heterocycles. The van der Waals surface area contributed by atoms with E-state index < -0.39 is 0 Å². The molecule has 3 unspecified atom stereocenters. The van der Waals surface area contributed by atoms with Gasteiger partial charge in [0.25, 0.3) is 0 Å². The van der Waals surface area contributed by atoms with Crippen LogP contribution in [0, 0.1) is 5.82 Å². The van der Waals surface area contributed by atoms with Crippen LogP contribution in [0.3, 0.4) is 0 Å². The maximum Gasteiger partial charge on any atom is 0.123 e. The van der Waals surface area contributed by atoms with Gasteiger partial charge in [-0.15, -0.1) is 0 Å². The van der Waals surface area contributed by atoms with Gasteiger partial charge < -0.3 is 5.73 Å². The van der Waals surface area contributed by atoms with Gasteiger partial charge in [-0.25, -0.2) is 4.39 Å². The molecule has 0 aliphatic carbocycles. The van der Waals surface area contributed by atoms with E-state index in [1.54, 1.807) is 0 Å². The molecule has 1 rings (SSSR count). The summed E-state index contributed by atoms with van der Waals surface area (Å²) in [5.74, 6) is -0.200. The van der Waals surface area contributed by atoms with Gasteiger partial charge in [0.1, 0.15) is 5.82 Å². The molecule has 0 saturated heterocycles. The molecule has 2 N–H and O–H groups in total. The first-order valence-electron chi connectivity index (χ1n) is 6.78. The fourth-order valence-electron chi connectivity index (χ4n) is 2.47. The third kappa shape index (κ3) is 3.53. The van der Waals surface area contributed by atoms with Gasteiger partial charge >= 0.3 is 0 Å². The molecule has 0 heterocycles. The molecule has 0 bridgehead atoms. The summed E-state index contributed by atoms with van der Waals surface area (Å²) >= 11 is 0. The Hall–Kier alpha value is -0.930. The minimum absolute atomic E-state index is 0.0180. The standard InChI is InChI=1S/C15H25FN2/c1-5-11(3)18(6-2)15(12(4)17)13-7-9-14(16)10-8-13/h7-12,15H,5-6,17H2,1-4H3. The minimum Gasteiger partial charge on any atom is -0.326 e. The van der Waals surface area contributed by atoms with Gasteiger partial charge in [0.2, 0.25) is 0 Å². The topological polar surface area (TPSA) is 29.3 Å². The van der Waals surface area contributed by atoms with Gasteiger partial charge in [-0.2, -0.15) is 0 Å². The molecule has 3 heteroatoms. The van der Waals surface area contributed by atoms with E-state index in [9.17, 15) is 4.39 Å². The summed E-state index contributed by atoms with van der Waals surface area (Å²) in [6.45, 7) is 9.49. The molecule has 0 amide bonds. The van der Waals surface area contributed by atoms with Crippen molar-refractivity contribution in [2.75, 3.05) is 6.54 Å². The first-order chi connectivity index (χ1) is 8.51. The Balaban J connectivity index is 3.04. The maximum atomic E-state index is 13.0. The Morgan fingerprint density at radius 1 is 1.17 bits per heavy atom. The molecule has 0 aromatic heterocycles. The van der Waals surface area contributed by atoms with Crippen LogP contribution in [0.25, 0.3) is 0 Å². The smallest absolute Gasteiger partial charge is 0.123 e. The van der Waals surface area contributed by atoms with Crippen molar-refractivity contribution in [1.82, 2.24) is 4.90 Å². The molecule has 1 aromatic rings. The molecule has 2 nitrogen and oxygen atoms in total. The van der Waals surface area contributed by atoms with Crippen LogP contribution in [0.4, 0.5) is 4.39 Å². The van der Waals surface area contributed by atoms with Crippen LogP contribution in [0.5, 0.6) is 0 Å². The van der Waals surface area contributed by atoms with Crippen LogP contribution in [0.2, 0.25) is 0 Å². The summed E-state index contributed by atoms with van der Waals surface area (Å²) in [6.07, 6.45) is 1.08. The lowest BCUT2D eigenvalue weighted by Gasteiger charge is -2.38. The molecular weight excluding hydrogens is 227 g/mol. The average molecular weight is 252 g/mol. The molecule has 102 valence electrons. The molecule has 18 heavy (non-hydrogen) atoms. The van der Waals surface area contributed by atoms with Crippen molar-refractivity contribution in [3.63, 3.8) is 0 Å². The number of hydrogen-bond acceptors (Lipinski definition) is 2. The third-order valence-electron chi connectivity index (χ3n) is 3.59. The summed E-state index contributed by atoms with van der Waals surface area (Å²) in [7, 11) is 0. The summed E-state index contributed by atoms with van der Waals surface area (Å²) in [5.41, 5.74) is 7.23. The summed E-state index contributed by atoms with van der Waals surface area (Å²) < 4.78 is 13.0. The molecular formula is C15H25FN2.